The number of hydrogen-bond donors (Lipinski definition) is 0. The average molecular weight is 601 g/mol. The third-order valence-corrected chi connectivity index (χ3v) is 9.28. The summed E-state index contributed by atoms with van der Waals surface area (Å²) in [6, 6.07) is 21.6. The predicted molar refractivity (Wildman–Crippen MR) is 176 cm³/mol. The summed E-state index contributed by atoms with van der Waals surface area (Å²) in [4.78, 5) is 2.57. The van der Waals surface area contributed by atoms with Crippen LogP contribution in [0.5, 0.6) is 28.7 Å². The Morgan fingerprint density at radius 1 is 0.818 bits per heavy atom. The molecule has 44 heavy (non-hydrogen) atoms. The molecule has 236 valence electrons. The zero-order chi connectivity index (χ0) is 32.0. The predicted octanol–water partition coefficient (Wildman–Crippen LogP) is 8.15. The number of rotatable bonds is 13. The van der Waals surface area contributed by atoms with Crippen LogP contribution in [0.25, 0.3) is 0 Å². The minimum Gasteiger partial charge on any atom is -0.493 e. The Bertz CT molecular complexity index is 1450. The van der Waals surface area contributed by atoms with Crippen molar-refractivity contribution in [3.8, 4) is 34.8 Å². The van der Waals surface area contributed by atoms with Gasteiger partial charge in [-0.25, -0.2) is 0 Å². The lowest BCUT2D eigenvalue weighted by atomic mass is 9.69. The zero-order valence-electron chi connectivity index (χ0n) is 27.8. The van der Waals surface area contributed by atoms with Crippen molar-refractivity contribution in [2.24, 2.45) is 11.8 Å². The van der Waals surface area contributed by atoms with Gasteiger partial charge in [0.1, 0.15) is 0 Å². The van der Waals surface area contributed by atoms with E-state index in [0.29, 0.717) is 23.0 Å². The number of fused-ring (bicyclic) bond motifs is 1. The van der Waals surface area contributed by atoms with Crippen molar-refractivity contribution in [1.82, 2.24) is 0 Å². The number of nitrogens with zero attached hydrogens (tertiary/aromatic N) is 2. The van der Waals surface area contributed by atoms with Crippen molar-refractivity contribution in [1.29, 1.82) is 5.26 Å². The minimum absolute atomic E-state index is 0.0533. The third kappa shape index (κ3) is 6.00. The number of methoxy groups -OCH3 is 5. The lowest BCUT2D eigenvalue weighted by molar-refractivity contribution is 0.302. The van der Waals surface area contributed by atoms with Crippen LogP contribution >= 0.6 is 0 Å². The van der Waals surface area contributed by atoms with Gasteiger partial charge in [-0.3, -0.25) is 0 Å². The highest BCUT2D eigenvalue weighted by atomic mass is 16.5. The standard InChI is InChI=1S/C37H48N2O5/c1-24(2)34-33-26(21-32(42-7)35(43-8)36(33)44-9)20-29(39(34)28-14-11-10-12-15-28)16-13-19-37(23-38,25(3)4)27-17-18-30(40-5)31(22-27)41-6/h10-12,14-15,17-18,21-22,24-25,29,34H,13,16,19-20H2,1-9H3/t29-,34?,37+/m0/s1. The summed E-state index contributed by atoms with van der Waals surface area (Å²) >= 11 is 0. The Morgan fingerprint density at radius 3 is 2.02 bits per heavy atom. The fourth-order valence-corrected chi connectivity index (χ4v) is 7.05. The fourth-order valence-electron chi connectivity index (χ4n) is 7.05. The highest BCUT2D eigenvalue weighted by molar-refractivity contribution is 5.65. The summed E-state index contributed by atoms with van der Waals surface area (Å²) < 4.78 is 28.7. The molecule has 0 aromatic heterocycles. The molecular weight excluding hydrogens is 552 g/mol. The van der Waals surface area contributed by atoms with Gasteiger partial charge in [0.15, 0.2) is 23.0 Å². The van der Waals surface area contributed by atoms with E-state index in [-0.39, 0.29) is 23.9 Å². The molecule has 3 aromatic rings. The first-order valence-corrected chi connectivity index (χ1v) is 15.5. The second kappa shape index (κ2) is 14.2. The summed E-state index contributed by atoms with van der Waals surface area (Å²) in [6.45, 7) is 8.79. The van der Waals surface area contributed by atoms with Gasteiger partial charge in [0, 0.05) is 17.3 Å². The van der Waals surface area contributed by atoms with Crippen LogP contribution in [0.4, 0.5) is 5.69 Å². The maximum Gasteiger partial charge on any atom is 0.203 e. The molecule has 4 rings (SSSR count). The van der Waals surface area contributed by atoms with Gasteiger partial charge in [-0.1, -0.05) is 52.0 Å². The molecule has 0 saturated heterocycles. The molecule has 1 aliphatic heterocycles. The molecule has 0 bridgehead atoms. The molecule has 0 amide bonds. The Morgan fingerprint density at radius 2 is 1.48 bits per heavy atom. The maximum atomic E-state index is 10.7. The summed E-state index contributed by atoms with van der Waals surface area (Å²) in [7, 11) is 8.29. The van der Waals surface area contributed by atoms with Gasteiger partial charge in [0.2, 0.25) is 5.75 Å². The molecule has 3 aromatic carbocycles. The topological polar surface area (TPSA) is 73.2 Å². The number of benzene rings is 3. The van der Waals surface area contributed by atoms with Crippen LogP contribution in [0.1, 0.15) is 69.7 Å². The molecule has 0 saturated carbocycles. The van der Waals surface area contributed by atoms with E-state index in [1.807, 2.05) is 18.2 Å². The second-order valence-corrected chi connectivity index (χ2v) is 12.2. The molecule has 7 heteroatoms. The molecule has 0 aliphatic carbocycles. The first kappa shape index (κ1) is 32.9. The Hall–Kier alpha value is -4.05. The van der Waals surface area contributed by atoms with Gasteiger partial charge in [-0.15, -0.1) is 0 Å². The van der Waals surface area contributed by atoms with Gasteiger partial charge in [-0.2, -0.15) is 5.26 Å². The van der Waals surface area contributed by atoms with Crippen molar-refractivity contribution in [3.05, 3.63) is 71.3 Å². The van der Waals surface area contributed by atoms with E-state index in [4.69, 9.17) is 23.7 Å². The van der Waals surface area contributed by atoms with Crippen LogP contribution in [-0.2, 0) is 11.8 Å². The number of hydrogen-bond acceptors (Lipinski definition) is 7. The molecule has 0 fully saturated rings. The fraction of sp³-hybridized carbons (Fsp3) is 0.486. The van der Waals surface area contributed by atoms with Crippen LogP contribution in [-0.4, -0.2) is 41.6 Å². The lowest BCUT2D eigenvalue weighted by Gasteiger charge is -2.48. The van der Waals surface area contributed by atoms with E-state index >= 15 is 0 Å². The summed E-state index contributed by atoms with van der Waals surface area (Å²) in [5.41, 5.74) is 3.84. The van der Waals surface area contributed by atoms with Crippen LogP contribution in [0.3, 0.4) is 0 Å². The monoisotopic (exact) mass is 600 g/mol. The van der Waals surface area contributed by atoms with Gasteiger partial charge in [-0.05, 0) is 79.0 Å². The Kier molecular flexibility index (Phi) is 10.6. The number of nitriles is 1. The number of anilines is 1. The first-order chi connectivity index (χ1) is 21.2. The summed E-state index contributed by atoms with van der Waals surface area (Å²) in [5.74, 6) is 3.72. The summed E-state index contributed by atoms with van der Waals surface area (Å²) in [6.07, 6.45) is 3.34. The first-order valence-electron chi connectivity index (χ1n) is 15.5. The summed E-state index contributed by atoms with van der Waals surface area (Å²) in [5, 5.41) is 10.7. The Balaban J connectivity index is 1.76. The second-order valence-electron chi connectivity index (χ2n) is 12.2. The van der Waals surface area contributed by atoms with Crippen molar-refractivity contribution in [3.63, 3.8) is 0 Å². The van der Waals surface area contributed by atoms with Crippen LogP contribution in [0.2, 0.25) is 0 Å². The van der Waals surface area contributed by atoms with E-state index in [1.165, 1.54) is 11.3 Å². The van der Waals surface area contributed by atoms with E-state index in [1.54, 1.807) is 35.5 Å². The zero-order valence-corrected chi connectivity index (χ0v) is 27.8. The molecule has 3 atom stereocenters. The highest BCUT2D eigenvalue weighted by Gasteiger charge is 2.41. The van der Waals surface area contributed by atoms with Crippen molar-refractivity contribution in [2.75, 3.05) is 40.4 Å². The maximum absolute atomic E-state index is 10.7. The number of ether oxygens (including phenoxy) is 5. The Labute approximate surface area is 263 Å². The lowest BCUT2D eigenvalue weighted by Crippen LogP contribution is -2.46. The highest BCUT2D eigenvalue weighted by Crippen LogP contribution is 2.52. The molecule has 7 nitrogen and oxygen atoms in total. The van der Waals surface area contributed by atoms with E-state index in [9.17, 15) is 5.26 Å². The van der Waals surface area contributed by atoms with E-state index in [2.05, 4.69) is 75.1 Å². The van der Waals surface area contributed by atoms with Crippen LogP contribution in [0, 0.1) is 23.2 Å². The number of para-hydroxylation sites is 1. The molecule has 1 heterocycles. The van der Waals surface area contributed by atoms with Crippen molar-refractivity contribution < 1.29 is 23.7 Å². The molecule has 0 radical (unpaired) electrons. The van der Waals surface area contributed by atoms with E-state index < -0.39 is 5.41 Å². The van der Waals surface area contributed by atoms with Gasteiger partial charge < -0.3 is 28.6 Å². The molecule has 0 spiro atoms. The molecule has 1 aliphatic rings. The van der Waals surface area contributed by atoms with Crippen molar-refractivity contribution in [2.45, 2.75) is 70.9 Å². The largest absolute Gasteiger partial charge is 0.493 e. The van der Waals surface area contributed by atoms with Crippen LogP contribution in [0.15, 0.2) is 54.6 Å². The van der Waals surface area contributed by atoms with E-state index in [0.717, 1.165) is 42.6 Å². The van der Waals surface area contributed by atoms with Crippen LogP contribution < -0.4 is 28.6 Å². The SMILES string of the molecule is COc1ccc([C@@](C#N)(CCC[C@H]2Cc3cc(OC)c(OC)c(OC)c3C(C(C)C)N2c2ccccc2)C(C)C)cc1OC. The van der Waals surface area contributed by atoms with Gasteiger partial charge in [0.25, 0.3) is 0 Å². The van der Waals surface area contributed by atoms with Gasteiger partial charge in [0.05, 0.1) is 53.1 Å². The minimum atomic E-state index is -0.666. The quantitative estimate of drug-likeness (QED) is 0.196. The van der Waals surface area contributed by atoms with Crippen molar-refractivity contribution >= 4 is 5.69 Å². The molecule has 0 N–H and O–H groups in total. The normalized spacial score (nSPS) is 17.5. The third-order valence-electron chi connectivity index (χ3n) is 9.28. The molecular formula is C37H48N2O5. The molecule has 1 unspecified atom stereocenters. The smallest absolute Gasteiger partial charge is 0.203 e. The van der Waals surface area contributed by atoms with Gasteiger partial charge >= 0.3 is 0 Å². The average Bonchev–Trinajstić information content (AvgIpc) is 3.04.